The first-order valence-electron chi connectivity index (χ1n) is 7.62. The maximum absolute atomic E-state index is 3.97. The second kappa shape index (κ2) is 4.57. The summed E-state index contributed by atoms with van der Waals surface area (Å²) in [6, 6.07) is 2.34. The lowest BCUT2D eigenvalue weighted by molar-refractivity contribution is -0.0204. The molecular weight excluding hydrogens is 318 g/mol. The molecule has 19 heavy (non-hydrogen) atoms. The van der Waals surface area contributed by atoms with Crippen LogP contribution < -0.4 is 5.32 Å². The third-order valence-electron chi connectivity index (χ3n) is 5.58. The Morgan fingerprint density at radius 2 is 1.79 bits per heavy atom. The lowest BCUT2D eigenvalue weighted by atomic mass is 9.53. The van der Waals surface area contributed by atoms with Crippen molar-refractivity contribution in [2.24, 2.45) is 17.8 Å². The van der Waals surface area contributed by atoms with Crippen molar-refractivity contribution in [1.29, 1.82) is 0 Å². The van der Waals surface area contributed by atoms with Crippen LogP contribution in [0.1, 0.15) is 49.0 Å². The summed E-state index contributed by atoms with van der Waals surface area (Å²) >= 11 is 5.54. The average molecular weight is 340 g/mol. The van der Waals surface area contributed by atoms with Crippen molar-refractivity contribution in [3.63, 3.8) is 0 Å². The van der Waals surface area contributed by atoms with Crippen LogP contribution in [-0.2, 0) is 6.54 Å². The number of hydrogen-bond donors (Lipinski definition) is 1. The van der Waals surface area contributed by atoms with Crippen LogP contribution in [0.25, 0.3) is 0 Å². The summed E-state index contributed by atoms with van der Waals surface area (Å²) in [7, 11) is 0. The highest BCUT2D eigenvalue weighted by molar-refractivity contribution is 9.11. The molecule has 4 aliphatic carbocycles. The van der Waals surface area contributed by atoms with Crippen LogP contribution in [0.2, 0.25) is 0 Å². The summed E-state index contributed by atoms with van der Waals surface area (Å²) < 4.78 is 1.30. The zero-order valence-corrected chi connectivity index (χ0v) is 13.9. The Hall–Kier alpha value is 0.140. The summed E-state index contributed by atoms with van der Waals surface area (Å²) in [5, 5.41) is 3.97. The zero-order chi connectivity index (χ0) is 13.0. The standard InChI is InChI=1S/C16H22BrNS/c1-10-2-14(19-15(10)17)9-18-16-6-11-3-12(7-16)5-13(4-11)8-16/h2,11-13,18H,3-9H2,1H3. The third-order valence-corrected chi connectivity index (χ3v) is 7.72. The number of rotatable bonds is 3. The van der Waals surface area contributed by atoms with Gasteiger partial charge in [0.2, 0.25) is 0 Å². The Morgan fingerprint density at radius 1 is 1.21 bits per heavy atom. The molecule has 0 aromatic carbocycles. The van der Waals surface area contributed by atoms with Crippen LogP contribution in [0.4, 0.5) is 0 Å². The van der Waals surface area contributed by atoms with E-state index in [1.54, 1.807) is 0 Å². The summed E-state index contributed by atoms with van der Waals surface area (Å²) in [5.74, 6) is 3.11. The summed E-state index contributed by atoms with van der Waals surface area (Å²) in [6.45, 7) is 3.26. The van der Waals surface area contributed by atoms with Crippen molar-refractivity contribution < 1.29 is 0 Å². The Bertz CT molecular complexity index is 438. The molecule has 1 aromatic heterocycles. The zero-order valence-electron chi connectivity index (χ0n) is 11.5. The normalized spacial score (nSPS) is 40.0. The van der Waals surface area contributed by atoms with Crippen LogP contribution in [0.15, 0.2) is 9.85 Å². The van der Waals surface area contributed by atoms with E-state index in [-0.39, 0.29) is 0 Å². The molecule has 4 bridgehead atoms. The molecule has 3 heteroatoms. The van der Waals surface area contributed by atoms with Crippen LogP contribution in [0.3, 0.4) is 0 Å². The van der Waals surface area contributed by atoms with E-state index in [1.807, 2.05) is 11.3 Å². The lowest BCUT2D eigenvalue weighted by Crippen LogP contribution is -2.58. The molecule has 0 spiro atoms. The predicted octanol–water partition coefficient (Wildman–Crippen LogP) is 4.88. The number of halogens is 1. The molecule has 1 N–H and O–H groups in total. The molecule has 0 saturated heterocycles. The first kappa shape index (κ1) is 12.8. The smallest absolute Gasteiger partial charge is 0.0730 e. The van der Waals surface area contributed by atoms with Gasteiger partial charge in [0.25, 0.3) is 0 Å². The minimum Gasteiger partial charge on any atom is -0.306 e. The minimum absolute atomic E-state index is 0.499. The molecule has 0 unspecified atom stereocenters. The Morgan fingerprint density at radius 3 is 2.26 bits per heavy atom. The van der Waals surface area contributed by atoms with E-state index in [9.17, 15) is 0 Å². The van der Waals surface area contributed by atoms with Gasteiger partial charge in [-0.3, -0.25) is 0 Å². The summed E-state index contributed by atoms with van der Waals surface area (Å²) in [6.07, 6.45) is 8.94. The Balaban J connectivity index is 1.47. The maximum Gasteiger partial charge on any atom is 0.0730 e. The molecule has 1 heterocycles. The summed E-state index contributed by atoms with van der Waals surface area (Å²) in [4.78, 5) is 1.49. The highest BCUT2D eigenvalue weighted by Gasteiger charge is 2.50. The highest BCUT2D eigenvalue weighted by Crippen LogP contribution is 2.55. The van der Waals surface area contributed by atoms with Crippen LogP contribution >= 0.6 is 27.3 Å². The second-order valence-electron chi connectivity index (χ2n) is 7.22. The van der Waals surface area contributed by atoms with Crippen molar-refractivity contribution in [2.45, 2.75) is 57.5 Å². The highest BCUT2D eigenvalue weighted by atomic mass is 79.9. The third kappa shape index (κ3) is 2.32. The molecule has 0 atom stereocenters. The van der Waals surface area contributed by atoms with E-state index in [1.165, 1.54) is 52.8 Å². The van der Waals surface area contributed by atoms with Gasteiger partial charge < -0.3 is 5.32 Å². The van der Waals surface area contributed by atoms with Gasteiger partial charge in [0.05, 0.1) is 3.79 Å². The molecular formula is C16H22BrNS. The topological polar surface area (TPSA) is 12.0 Å². The van der Waals surface area contributed by atoms with Gasteiger partial charge in [-0.2, -0.15) is 0 Å². The Labute approximate surface area is 128 Å². The molecule has 0 aliphatic heterocycles. The molecule has 0 radical (unpaired) electrons. The quantitative estimate of drug-likeness (QED) is 0.827. The fourth-order valence-corrected chi connectivity index (χ4v) is 6.78. The van der Waals surface area contributed by atoms with Gasteiger partial charge in [0.15, 0.2) is 0 Å². The SMILES string of the molecule is Cc1cc(CNC23CC4CC(CC(C4)C2)C3)sc1Br. The van der Waals surface area contributed by atoms with Crippen molar-refractivity contribution in [3.05, 3.63) is 20.3 Å². The van der Waals surface area contributed by atoms with Crippen LogP contribution in [0.5, 0.6) is 0 Å². The van der Waals surface area contributed by atoms with Gasteiger partial charge in [-0.05, 0) is 90.8 Å². The summed E-state index contributed by atoms with van der Waals surface area (Å²) in [5.41, 5.74) is 1.88. The number of nitrogens with one attached hydrogen (secondary N) is 1. The second-order valence-corrected chi connectivity index (χ2v) is 9.68. The molecule has 0 amide bonds. The van der Waals surface area contributed by atoms with E-state index >= 15 is 0 Å². The van der Waals surface area contributed by atoms with E-state index in [0.29, 0.717) is 5.54 Å². The first-order chi connectivity index (χ1) is 9.12. The van der Waals surface area contributed by atoms with Crippen molar-refractivity contribution in [2.75, 3.05) is 0 Å². The molecule has 1 aromatic rings. The molecule has 4 fully saturated rings. The van der Waals surface area contributed by atoms with E-state index in [4.69, 9.17) is 0 Å². The van der Waals surface area contributed by atoms with Gasteiger partial charge in [-0.1, -0.05) is 0 Å². The molecule has 5 rings (SSSR count). The monoisotopic (exact) mass is 339 g/mol. The van der Waals surface area contributed by atoms with E-state index < -0.39 is 0 Å². The van der Waals surface area contributed by atoms with Crippen LogP contribution in [0, 0.1) is 24.7 Å². The van der Waals surface area contributed by atoms with E-state index in [2.05, 4.69) is 34.2 Å². The number of aryl methyl sites for hydroxylation is 1. The van der Waals surface area contributed by atoms with Gasteiger partial charge >= 0.3 is 0 Å². The lowest BCUT2D eigenvalue weighted by Gasteiger charge is -2.57. The maximum atomic E-state index is 3.97. The number of hydrogen-bond acceptors (Lipinski definition) is 2. The fourth-order valence-electron chi connectivity index (χ4n) is 5.21. The van der Waals surface area contributed by atoms with Crippen molar-refractivity contribution in [3.8, 4) is 0 Å². The minimum atomic E-state index is 0.499. The number of thiophene rings is 1. The van der Waals surface area contributed by atoms with Gasteiger partial charge in [-0.15, -0.1) is 11.3 Å². The van der Waals surface area contributed by atoms with Crippen molar-refractivity contribution in [1.82, 2.24) is 5.32 Å². The predicted molar refractivity (Wildman–Crippen MR) is 84.5 cm³/mol. The molecule has 1 nitrogen and oxygen atoms in total. The van der Waals surface area contributed by atoms with E-state index in [0.717, 1.165) is 24.3 Å². The molecule has 4 aliphatic rings. The largest absolute Gasteiger partial charge is 0.306 e. The first-order valence-corrected chi connectivity index (χ1v) is 9.23. The van der Waals surface area contributed by atoms with Gasteiger partial charge in [0.1, 0.15) is 0 Å². The molecule has 104 valence electrons. The van der Waals surface area contributed by atoms with Gasteiger partial charge in [-0.25, -0.2) is 0 Å². The van der Waals surface area contributed by atoms with Gasteiger partial charge in [0, 0.05) is 17.0 Å². The Kier molecular flexibility index (Phi) is 3.09. The fraction of sp³-hybridized carbons (Fsp3) is 0.750. The average Bonchev–Trinajstić information content (AvgIpc) is 2.65. The van der Waals surface area contributed by atoms with Crippen LogP contribution in [-0.4, -0.2) is 5.54 Å². The van der Waals surface area contributed by atoms with Crippen molar-refractivity contribution >= 4 is 27.3 Å². The molecule has 4 saturated carbocycles.